The van der Waals surface area contributed by atoms with Crippen molar-refractivity contribution in [3.8, 4) is 0 Å². The van der Waals surface area contributed by atoms with Crippen molar-refractivity contribution in [1.82, 2.24) is 4.98 Å². The molecule has 2 aromatic rings. The fourth-order valence-corrected chi connectivity index (χ4v) is 1.11. The number of alkyl halides is 1. The molecule has 0 aliphatic heterocycles. The zero-order chi connectivity index (χ0) is 7.68. The van der Waals surface area contributed by atoms with Crippen molar-refractivity contribution in [2.75, 3.05) is 0 Å². The summed E-state index contributed by atoms with van der Waals surface area (Å²) in [6.45, 7) is -0.408. The molecule has 0 amide bonds. The van der Waals surface area contributed by atoms with Crippen LogP contribution in [0, 0.1) is 6.20 Å². The summed E-state index contributed by atoms with van der Waals surface area (Å²) >= 11 is 0. The first-order valence-corrected chi connectivity index (χ1v) is 3.44. The monoisotopic (exact) mass is 148 g/mol. The average molecular weight is 148 g/mol. The molecule has 1 radical (unpaired) electrons. The van der Waals surface area contributed by atoms with Crippen molar-refractivity contribution in [3.63, 3.8) is 0 Å². The van der Waals surface area contributed by atoms with Gasteiger partial charge in [0.15, 0.2) is 0 Å². The van der Waals surface area contributed by atoms with Crippen LogP contribution in [0.2, 0.25) is 0 Å². The average Bonchev–Trinajstić information content (AvgIpc) is 2.50. The van der Waals surface area contributed by atoms with E-state index in [1.165, 1.54) is 0 Å². The summed E-state index contributed by atoms with van der Waals surface area (Å²) in [6, 6.07) is 7.31. The first-order chi connectivity index (χ1) is 5.40. The lowest BCUT2D eigenvalue weighted by Gasteiger charge is -1.93. The second-order valence-electron chi connectivity index (χ2n) is 2.47. The Labute approximate surface area is 63.9 Å². The van der Waals surface area contributed by atoms with Crippen LogP contribution in [0.5, 0.6) is 0 Å². The first kappa shape index (κ1) is 6.40. The van der Waals surface area contributed by atoms with Gasteiger partial charge in [-0.15, -0.1) is 0 Å². The minimum atomic E-state index is -0.408. The summed E-state index contributed by atoms with van der Waals surface area (Å²) < 4.78 is 12.1. The number of benzene rings is 1. The van der Waals surface area contributed by atoms with Crippen LogP contribution in [0.15, 0.2) is 24.3 Å². The molecule has 0 fully saturated rings. The maximum Gasteiger partial charge on any atom is 0.115 e. The summed E-state index contributed by atoms with van der Waals surface area (Å²) in [4.78, 5) is 2.90. The van der Waals surface area contributed by atoms with E-state index in [1.54, 1.807) is 12.1 Å². The molecule has 0 aliphatic carbocycles. The van der Waals surface area contributed by atoms with Gasteiger partial charge in [0, 0.05) is 10.9 Å². The lowest BCUT2D eigenvalue weighted by atomic mass is 10.2. The van der Waals surface area contributed by atoms with Crippen molar-refractivity contribution in [2.45, 2.75) is 6.67 Å². The van der Waals surface area contributed by atoms with Gasteiger partial charge in [0.25, 0.3) is 0 Å². The van der Waals surface area contributed by atoms with Gasteiger partial charge in [-0.25, -0.2) is 4.39 Å². The third-order valence-corrected chi connectivity index (χ3v) is 1.71. The van der Waals surface area contributed by atoms with Gasteiger partial charge in [-0.3, -0.25) is 0 Å². The molecule has 11 heavy (non-hydrogen) atoms. The number of fused-ring (bicyclic) bond motifs is 1. The molecule has 55 valence electrons. The van der Waals surface area contributed by atoms with Gasteiger partial charge in [-0.1, -0.05) is 12.1 Å². The number of hydrogen-bond donors (Lipinski definition) is 1. The molecule has 1 N–H and O–H groups in total. The molecule has 0 saturated carbocycles. The van der Waals surface area contributed by atoms with Gasteiger partial charge >= 0.3 is 0 Å². The van der Waals surface area contributed by atoms with Crippen molar-refractivity contribution in [3.05, 3.63) is 36.0 Å². The highest BCUT2D eigenvalue weighted by molar-refractivity contribution is 5.79. The Balaban J connectivity index is 2.67. The fraction of sp³-hybridized carbons (Fsp3) is 0.111. The number of halogens is 1. The Bertz CT molecular complexity index is 364. The van der Waals surface area contributed by atoms with Crippen LogP contribution in [0.3, 0.4) is 0 Å². The van der Waals surface area contributed by atoms with Crippen LogP contribution < -0.4 is 0 Å². The van der Waals surface area contributed by atoms with Crippen LogP contribution in [0.25, 0.3) is 10.9 Å². The second kappa shape index (κ2) is 2.38. The molecule has 0 saturated heterocycles. The van der Waals surface area contributed by atoms with Gasteiger partial charge in [-0.05, 0) is 17.7 Å². The Hall–Kier alpha value is -1.31. The molecular weight excluding hydrogens is 141 g/mol. The molecule has 0 spiro atoms. The van der Waals surface area contributed by atoms with E-state index >= 15 is 0 Å². The maximum absolute atomic E-state index is 12.1. The van der Waals surface area contributed by atoms with E-state index in [9.17, 15) is 4.39 Å². The van der Waals surface area contributed by atoms with Gasteiger partial charge in [0.05, 0.1) is 6.20 Å². The Morgan fingerprint density at radius 2 is 2.36 bits per heavy atom. The second-order valence-corrected chi connectivity index (χ2v) is 2.47. The zero-order valence-corrected chi connectivity index (χ0v) is 5.89. The number of rotatable bonds is 1. The van der Waals surface area contributed by atoms with Crippen LogP contribution >= 0.6 is 0 Å². The molecule has 1 aromatic carbocycles. The summed E-state index contributed by atoms with van der Waals surface area (Å²) in [5.74, 6) is 0. The third kappa shape index (κ3) is 1.00. The number of aromatic nitrogens is 1. The van der Waals surface area contributed by atoms with Gasteiger partial charge in [-0.2, -0.15) is 0 Å². The van der Waals surface area contributed by atoms with Crippen LogP contribution in [0.1, 0.15) is 5.56 Å². The highest BCUT2D eigenvalue weighted by Gasteiger charge is 1.95. The highest BCUT2D eigenvalue weighted by Crippen LogP contribution is 2.14. The summed E-state index contributed by atoms with van der Waals surface area (Å²) in [5.41, 5.74) is 1.65. The molecule has 0 aliphatic rings. The van der Waals surface area contributed by atoms with Gasteiger partial charge < -0.3 is 4.98 Å². The van der Waals surface area contributed by atoms with Crippen molar-refractivity contribution < 1.29 is 4.39 Å². The summed E-state index contributed by atoms with van der Waals surface area (Å²) in [7, 11) is 0. The molecule has 0 atom stereocenters. The minimum absolute atomic E-state index is 0.408. The Kier molecular flexibility index (Phi) is 1.39. The summed E-state index contributed by atoms with van der Waals surface area (Å²) in [5, 5.41) is 1.07. The van der Waals surface area contributed by atoms with Crippen LogP contribution in [-0.2, 0) is 6.67 Å². The smallest absolute Gasteiger partial charge is 0.115 e. The van der Waals surface area contributed by atoms with Gasteiger partial charge in [0.1, 0.15) is 6.67 Å². The standard InChI is InChI=1S/C9H7FN/c10-6-7-1-2-8-3-4-11-9(8)5-7/h1-3,5,11H,6H2. The molecule has 0 bridgehead atoms. The van der Waals surface area contributed by atoms with Gasteiger partial charge in [0.2, 0.25) is 0 Å². The predicted octanol–water partition coefficient (Wildman–Crippen LogP) is 2.44. The molecule has 1 heterocycles. The van der Waals surface area contributed by atoms with Crippen LogP contribution in [-0.4, -0.2) is 4.98 Å². The molecule has 1 nitrogen and oxygen atoms in total. The third-order valence-electron chi connectivity index (χ3n) is 1.71. The number of nitrogens with one attached hydrogen (secondary N) is 1. The van der Waals surface area contributed by atoms with E-state index in [4.69, 9.17) is 0 Å². The van der Waals surface area contributed by atoms with E-state index in [-0.39, 0.29) is 0 Å². The van der Waals surface area contributed by atoms with Crippen LogP contribution in [0.4, 0.5) is 4.39 Å². The Morgan fingerprint density at radius 1 is 1.45 bits per heavy atom. The molecule has 0 unspecified atom stereocenters. The van der Waals surface area contributed by atoms with Crippen molar-refractivity contribution >= 4 is 10.9 Å². The molecule has 2 rings (SSSR count). The lowest BCUT2D eigenvalue weighted by Crippen LogP contribution is -1.76. The lowest BCUT2D eigenvalue weighted by molar-refractivity contribution is 0.485. The normalized spacial score (nSPS) is 10.6. The largest absolute Gasteiger partial charge is 0.353 e. The van der Waals surface area contributed by atoms with E-state index in [0.717, 1.165) is 10.9 Å². The quantitative estimate of drug-likeness (QED) is 0.639. The first-order valence-electron chi connectivity index (χ1n) is 3.44. The fourth-order valence-electron chi connectivity index (χ4n) is 1.11. The molecule has 1 aromatic heterocycles. The molecule has 2 heteroatoms. The highest BCUT2D eigenvalue weighted by atomic mass is 19.1. The van der Waals surface area contributed by atoms with E-state index in [2.05, 4.69) is 11.2 Å². The SMILES string of the molecule is FCc1ccc2c[c][nH]c2c1. The minimum Gasteiger partial charge on any atom is -0.353 e. The predicted molar refractivity (Wildman–Crippen MR) is 41.9 cm³/mol. The summed E-state index contributed by atoms with van der Waals surface area (Å²) in [6.07, 6.45) is 2.84. The zero-order valence-electron chi connectivity index (χ0n) is 5.89. The number of hydrogen-bond acceptors (Lipinski definition) is 0. The number of H-pyrrole nitrogens is 1. The van der Waals surface area contributed by atoms with E-state index in [0.29, 0.717) is 5.56 Å². The number of aromatic amines is 1. The molecular formula is C9H7FN. The van der Waals surface area contributed by atoms with E-state index < -0.39 is 6.67 Å². The maximum atomic E-state index is 12.1. The Morgan fingerprint density at radius 3 is 3.18 bits per heavy atom. The topological polar surface area (TPSA) is 15.8 Å². The van der Waals surface area contributed by atoms with E-state index in [1.807, 2.05) is 12.1 Å². The van der Waals surface area contributed by atoms with Crippen molar-refractivity contribution in [1.29, 1.82) is 0 Å². The van der Waals surface area contributed by atoms with Crippen molar-refractivity contribution in [2.24, 2.45) is 0 Å².